The Morgan fingerprint density at radius 1 is 1.23 bits per heavy atom. The first-order valence-corrected chi connectivity index (χ1v) is 9.26. The van der Waals surface area contributed by atoms with Crippen molar-refractivity contribution < 1.29 is 13.2 Å². The van der Waals surface area contributed by atoms with Crippen molar-refractivity contribution in [1.82, 2.24) is 4.31 Å². The Bertz CT molecular complexity index is 624. The molecule has 1 aromatic rings. The van der Waals surface area contributed by atoms with Crippen LogP contribution in [-0.2, 0) is 14.8 Å². The maximum atomic E-state index is 12.0. The smallest absolute Gasteiger partial charge is 0.225 e. The molecule has 0 aliphatic carbocycles. The molecule has 124 valence electrons. The van der Waals surface area contributed by atoms with Crippen molar-refractivity contribution in [2.24, 2.45) is 5.92 Å². The minimum atomic E-state index is -3.29. The number of carbonyl (C=O) groups is 1. The average Bonchev–Trinajstić information content (AvgIpc) is 2.37. The van der Waals surface area contributed by atoms with Gasteiger partial charge in [-0.2, -0.15) is 0 Å². The second-order valence-electron chi connectivity index (χ2n) is 6.11. The molecule has 1 aromatic carbocycles. The van der Waals surface area contributed by atoms with Crippen LogP contribution < -0.4 is 5.32 Å². The fourth-order valence-corrected chi connectivity index (χ4v) is 3.06. The van der Waals surface area contributed by atoms with Crippen LogP contribution in [0.1, 0.15) is 31.4 Å². The van der Waals surface area contributed by atoms with Gasteiger partial charge in [0.25, 0.3) is 0 Å². The summed E-state index contributed by atoms with van der Waals surface area (Å²) in [6.45, 7) is 8.53. The van der Waals surface area contributed by atoms with Crippen molar-refractivity contribution in [2.45, 2.75) is 34.1 Å². The molecule has 0 atom stereocenters. The molecule has 0 unspecified atom stereocenters. The van der Waals surface area contributed by atoms with Gasteiger partial charge < -0.3 is 5.32 Å². The van der Waals surface area contributed by atoms with E-state index < -0.39 is 10.0 Å². The summed E-state index contributed by atoms with van der Waals surface area (Å²) in [5.74, 6) is 0.0400. The molecule has 0 bridgehead atoms. The second kappa shape index (κ2) is 7.74. The highest BCUT2D eigenvalue weighted by atomic mass is 32.2. The van der Waals surface area contributed by atoms with Crippen LogP contribution in [0.4, 0.5) is 5.69 Å². The third-order valence-electron chi connectivity index (χ3n) is 3.42. The third kappa shape index (κ3) is 6.15. The molecule has 1 amide bonds. The van der Waals surface area contributed by atoms with Gasteiger partial charge in [0, 0.05) is 25.2 Å². The number of carbonyl (C=O) groups excluding carboxylic acids is 1. The van der Waals surface area contributed by atoms with Crippen LogP contribution in [0.25, 0.3) is 0 Å². The molecule has 0 saturated carbocycles. The van der Waals surface area contributed by atoms with Crippen molar-refractivity contribution in [1.29, 1.82) is 0 Å². The first kappa shape index (κ1) is 18.6. The Morgan fingerprint density at radius 2 is 1.86 bits per heavy atom. The number of hydrogen-bond acceptors (Lipinski definition) is 3. The highest BCUT2D eigenvalue weighted by molar-refractivity contribution is 7.88. The normalized spacial score (nSPS) is 12.0. The van der Waals surface area contributed by atoms with Crippen LogP contribution >= 0.6 is 0 Å². The number of nitrogens with one attached hydrogen (secondary N) is 1. The summed E-state index contributed by atoms with van der Waals surface area (Å²) in [6.07, 6.45) is 1.32. The minimum Gasteiger partial charge on any atom is -0.326 e. The van der Waals surface area contributed by atoms with Crippen molar-refractivity contribution in [2.75, 3.05) is 24.7 Å². The van der Waals surface area contributed by atoms with Crippen molar-refractivity contribution in [3.63, 3.8) is 0 Å². The van der Waals surface area contributed by atoms with Gasteiger partial charge in [0.05, 0.1) is 6.26 Å². The lowest BCUT2D eigenvalue weighted by atomic mass is 10.1. The van der Waals surface area contributed by atoms with Gasteiger partial charge in [0.15, 0.2) is 0 Å². The van der Waals surface area contributed by atoms with E-state index in [1.165, 1.54) is 10.6 Å². The van der Waals surface area contributed by atoms with E-state index >= 15 is 0 Å². The average molecular weight is 326 g/mol. The molecule has 1 N–H and O–H groups in total. The summed E-state index contributed by atoms with van der Waals surface area (Å²) in [5, 5.41) is 2.81. The third-order valence-corrected chi connectivity index (χ3v) is 4.69. The predicted octanol–water partition coefficient (Wildman–Crippen LogP) is 2.55. The van der Waals surface area contributed by atoms with E-state index in [4.69, 9.17) is 0 Å². The molecule has 22 heavy (non-hydrogen) atoms. The second-order valence-corrected chi connectivity index (χ2v) is 8.09. The summed E-state index contributed by atoms with van der Waals surface area (Å²) in [4.78, 5) is 12.0. The quantitative estimate of drug-likeness (QED) is 0.837. The lowest BCUT2D eigenvalue weighted by Gasteiger charge is -2.21. The van der Waals surface area contributed by atoms with E-state index in [2.05, 4.69) is 5.32 Å². The lowest BCUT2D eigenvalue weighted by Crippen LogP contribution is -2.35. The van der Waals surface area contributed by atoms with E-state index in [0.717, 1.165) is 16.8 Å². The number of sulfonamides is 1. The highest BCUT2D eigenvalue weighted by Crippen LogP contribution is 2.14. The number of benzene rings is 1. The van der Waals surface area contributed by atoms with Crippen LogP contribution in [0.5, 0.6) is 0 Å². The molecular formula is C16H26N2O3S. The molecular weight excluding hydrogens is 300 g/mol. The van der Waals surface area contributed by atoms with E-state index in [-0.39, 0.29) is 24.8 Å². The summed E-state index contributed by atoms with van der Waals surface area (Å²) >= 11 is 0. The fourth-order valence-electron chi connectivity index (χ4n) is 2.07. The highest BCUT2D eigenvalue weighted by Gasteiger charge is 2.18. The first-order chi connectivity index (χ1) is 10.1. The van der Waals surface area contributed by atoms with E-state index in [9.17, 15) is 13.2 Å². The molecule has 0 aliphatic heterocycles. The zero-order valence-corrected chi connectivity index (χ0v) is 14.8. The summed E-state index contributed by atoms with van der Waals surface area (Å²) in [6, 6.07) is 5.71. The molecule has 0 spiro atoms. The van der Waals surface area contributed by atoms with Gasteiger partial charge >= 0.3 is 0 Å². The molecule has 0 heterocycles. The van der Waals surface area contributed by atoms with Crippen LogP contribution in [0.15, 0.2) is 18.2 Å². The largest absolute Gasteiger partial charge is 0.326 e. The first-order valence-electron chi connectivity index (χ1n) is 7.42. The minimum absolute atomic E-state index is 0.146. The monoisotopic (exact) mass is 326 g/mol. The Kier molecular flexibility index (Phi) is 6.56. The number of rotatable bonds is 7. The Morgan fingerprint density at radius 3 is 2.36 bits per heavy atom. The number of anilines is 1. The predicted molar refractivity (Wildman–Crippen MR) is 90.4 cm³/mol. The molecule has 0 saturated heterocycles. The molecule has 6 heteroatoms. The van der Waals surface area contributed by atoms with Gasteiger partial charge in [-0.1, -0.05) is 19.9 Å². The van der Waals surface area contributed by atoms with Crippen molar-refractivity contribution in [3.8, 4) is 0 Å². The van der Waals surface area contributed by atoms with Crippen LogP contribution in [0.3, 0.4) is 0 Å². The SMILES string of the molecule is Cc1ccc(NC(=O)CCN(CC(C)C)S(C)(=O)=O)cc1C. The van der Waals surface area contributed by atoms with Gasteiger partial charge in [0.1, 0.15) is 0 Å². The Balaban J connectivity index is 2.62. The van der Waals surface area contributed by atoms with Gasteiger partial charge in [-0.05, 0) is 43.0 Å². The van der Waals surface area contributed by atoms with Crippen molar-refractivity contribution in [3.05, 3.63) is 29.3 Å². The van der Waals surface area contributed by atoms with Crippen LogP contribution in [-0.4, -0.2) is 38.0 Å². The van der Waals surface area contributed by atoms with Gasteiger partial charge in [-0.3, -0.25) is 4.79 Å². The number of amides is 1. The molecule has 0 radical (unpaired) electrons. The van der Waals surface area contributed by atoms with E-state index in [1.54, 1.807) is 0 Å². The van der Waals surface area contributed by atoms with Crippen LogP contribution in [0, 0.1) is 19.8 Å². The van der Waals surface area contributed by atoms with Gasteiger partial charge in [0.2, 0.25) is 15.9 Å². The zero-order chi connectivity index (χ0) is 16.9. The topological polar surface area (TPSA) is 66.5 Å². The standard InChI is InChI=1S/C16H26N2O3S/c1-12(2)11-18(22(5,20)21)9-8-16(19)17-15-7-6-13(3)14(4)10-15/h6-7,10,12H,8-9,11H2,1-5H3,(H,17,19). The molecule has 5 nitrogen and oxygen atoms in total. The van der Waals surface area contributed by atoms with E-state index in [1.807, 2.05) is 45.9 Å². The van der Waals surface area contributed by atoms with Gasteiger partial charge in [-0.15, -0.1) is 0 Å². The molecule has 1 rings (SSSR count). The fraction of sp³-hybridized carbons (Fsp3) is 0.562. The molecule has 0 fully saturated rings. The molecule has 0 aliphatic rings. The maximum absolute atomic E-state index is 12.0. The lowest BCUT2D eigenvalue weighted by molar-refractivity contribution is -0.116. The van der Waals surface area contributed by atoms with Gasteiger partial charge in [-0.25, -0.2) is 12.7 Å². The number of aryl methyl sites for hydroxylation is 2. The molecule has 0 aromatic heterocycles. The Hall–Kier alpha value is -1.40. The zero-order valence-electron chi connectivity index (χ0n) is 14.0. The van der Waals surface area contributed by atoms with Crippen molar-refractivity contribution >= 4 is 21.6 Å². The van der Waals surface area contributed by atoms with E-state index in [0.29, 0.717) is 6.54 Å². The maximum Gasteiger partial charge on any atom is 0.225 e. The number of nitrogens with zero attached hydrogens (tertiary/aromatic N) is 1. The summed E-state index contributed by atoms with van der Waals surface area (Å²) < 4.78 is 24.8. The summed E-state index contributed by atoms with van der Waals surface area (Å²) in [7, 11) is -3.29. The number of hydrogen-bond donors (Lipinski definition) is 1. The summed E-state index contributed by atoms with van der Waals surface area (Å²) in [5.41, 5.74) is 3.01. The van der Waals surface area contributed by atoms with Crippen LogP contribution in [0.2, 0.25) is 0 Å². The Labute approximate surface area is 133 Å².